The summed E-state index contributed by atoms with van der Waals surface area (Å²) in [5.74, 6) is 0.404. The Hall–Kier alpha value is -0.550. The van der Waals surface area contributed by atoms with Crippen LogP contribution in [0.2, 0.25) is 5.15 Å². The average Bonchev–Trinajstić information content (AvgIpc) is 2.55. The Morgan fingerprint density at radius 1 is 1.64 bits per heavy atom. The standard InChI is InChI=1S/C8H11ClN2O2S/c1-6-4-8(9)11(10-6)7-2-3-14(12,13)5-7/h4,7H,2-3,5H2,1H3. The van der Waals surface area contributed by atoms with Gasteiger partial charge in [-0.2, -0.15) is 5.10 Å². The fourth-order valence-corrected chi connectivity index (χ4v) is 3.74. The van der Waals surface area contributed by atoms with Crippen molar-refractivity contribution in [3.63, 3.8) is 0 Å². The lowest BCUT2D eigenvalue weighted by atomic mass is 10.3. The highest BCUT2D eigenvalue weighted by molar-refractivity contribution is 7.91. The third-order valence-electron chi connectivity index (χ3n) is 2.37. The van der Waals surface area contributed by atoms with Gasteiger partial charge in [-0.3, -0.25) is 0 Å². The van der Waals surface area contributed by atoms with Crippen LogP contribution in [-0.4, -0.2) is 29.7 Å². The molecule has 0 N–H and O–H groups in total. The number of aromatic nitrogens is 2. The van der Waals surface area contributed by atoms with Crippen molar-refractivity contribution in [1.82, 2.24) is 9.78 Å². The van der Waals surface area contributed by atoms with E-state index in [1.165, 1.54) is 0 Å². The molecule has 0 aliphatic carbocycles. The molecule has 1 aromatic heterocycles. The van der Waals surface area contributed by atoms with Crippen molar-refractivity contribution >= 4 is 21.4 Å². The van der Waals surface area contributed by atoms with Crippen LogP contribution in [-0.2, 0) is 9.84 Å². The third kappa shape index (κ3) is 1.79. The van der Waals surface area contributed by atoms with Gasteiger partial charge in [0.05, 0.1) is 23.2 Å². The normalized spacial score (nSPS) is 25.4. The molecule has 1 fully saturated rings. The van der Waals surface area contributed by atoms with Crippen molar-refractivity contribution < 1.29 is 8.42 Å². The summed E-state index contributed by atoms with van der Waals surface area (Å²) in [6.45, 7) is 1.84. The van der Waals surface area contributed by atoms with Crippen molar-refractivity contribution in [3.05, 3.63) is 16.9 Å². The highest BCUT2D eigenvalue weighted by atomic mass is 35.5. The largest absolute Gasteiger partial charge is 0.250 e. The van der Waals surface area contributed by atoms with Crippen molar-refractivity contribution in [2.24, 2.45) is 0 Å². The Morgan fingerprint density at radius 2 is 2.36 bits per heavy atom. The first-order valence-corrected chi connectivity index (χ1v) is 6.60. The maximum absolute atomic E-state index is 11.2. The van der Waals surface area contributed by atoms with Gasteiger partial charge in [0.2, 0.25) is 0 Å². The van der Waals surface area contributed by atoms with Crippen molar-refractivity contribution in [2.75, 3.05) is 11.5 Å². The zero-order valence-electron chi connectivity index (χ0n) is 7.77. The molecule has 0 saturated carbocycles. The lowest BCUT2D eigenvalue weighted by molar-refractivity contribution is 0.497. The Balaban J connectivity index is 2.30. The predicted molar refractivity (Wildman–Crippen MR) is 54.3 cm³/mol. The minimum Gasteiger partial charge on any atom is -0.250 e. The first-order valence-electron chi connectivity index (χ1n) is 4.40. The number of sulfone groups is 1. The molecule has 1 aliphatic heterocycles. The van der Waals surface area contributed by atoms with Gasteiger partial charge in [0.15, 0.2) is 9.84 Å². The molecule has 0 radical (unpaired) electrons. The summed E-state index contributed by atoms with van der Waals surface area (Å²) in [7, 11) is -2.87. The first kappa shape index (κ1) is 9.98. The van der Waals surface area contributed by atoms with E-state index in [1.807, 2.05) is 6.92 Å². The number of hydrogen-bond acceptors (Lipinski definition) is 3. The molecule has 1 unspecified atom stereocenters. The summed E-state index contributed by atoms with van der Waals surface area (Å²) in [5.41, 5.74) is 0.819. The second-order valence-electron chi connectivity index (χ2n) is 3.61. The smallest absolute Gasteiger partial charge is 0.152 e. The molecular weight excluding hydrogens is 224 g/mol. The second kappa shape index (κ2) is 3.24. The maximum Gasteiger partial charge on any atom is 0.152 e. The van der Waals surface area contributed by atoms with Gasteiger partial charge in [-0.25, -0.2) is 13.1 Å². The lowest BCUT2D eigenvalue weighted by Crippen LogP contribution is -2.12. The van der Waals surface area contributed by atoms with Crippen LogP contribution in [0, 0.1) is 6.92 Å². The first-order chi connectivity index (χ1) is 6.48. The summed E-state index contributed by atoms with van der Waals surface area (Å²) in [6, 6.07) is 1.66. The van der Waals surface area contributed by atoms with E-state index in [9.17, 15) is 8.42 Å². The minimum absolute atomic E-state index is 0.0822. The van der Waals surface area contributed by atoms with Gasteiger partial charge < -0.3 is 0 Å². The Bertz CT molecular complexity index is 452. The molecule has 14 heavy (non-hydrogen) atoms. The molecule has 1 aliphatic rings. The molecule has 2 heterocycles. The Labute approximate surface area is 87.8 Å². The molecule has 78 valence electrons. The van der Waals surface area contributed by atoms with Gasteiger partial charge in [0.1, 0.15) is 5.15 Å². The van der Waals surface area contributed by atoms with E-state index in [-0.39, 0.29) is 17.5 Å². The van der Waals surface area contributed by atoms with Crippen molar-refractivity contribution in [3.8, 4) is 0 Å². The van der Waals surface area contributed by atoms with Crippen LogP contribution < -0.4 is 0 Å². The summed E-state index contributed by atoms with van der Waals surface area (Å²) >= 11 is 5.92. The van der Waals surface area contributed by atoms with Gasteiger partial charge >= 0.3 is 0 Å². The number of halogens is 1. The van der Waals surface area contributed by atoms with Crippen molar-refractivity contribution in [2.45, 2.75) is 19.4 Å². The molecule has 0 amide bonds. The molecule has 1 atom stereocenters. The van der Waals surface area contributed by atoms with Crippen LogP contribution in [0.25, 0.3) is 0 Å². The van der Waals surface area contributed by atoms with Crippen LogP contribution in [0.4, 0.5) is 0 Å². The molecule has 4 nitrogen and oxygen atoms in total. The minimum atomic E-state index is -2.87. The van der Waals surface area contributed by atoms with E-state index in [2.05, 4.69) is 5.10 Å². The highest BCUT2D eigenvalue weighted by Crippen LogP contribution is 2.26. The maximum atomic E-state index is 11.2. The summed E-state index contributed by atoms with van der Waals surface area (Å²) in [4.78, 5) is 0. The highest BCUT2D eigenvalue weighted by Gasteiger charge is 2.30. The number of aryl methyl sites for hydroxylation is 1. The fourth-order valence-electron chi connectivity index (χ4n) is 1.71. The van der Waals surface area contributed by atoms with E-state index in [0.717, 1.165) is 5.69 Å². The predicted octanol–water partition coefficient (Wildman–Crippen LogP) is 1.20. The second-order valence-corrected chi connectivity index (χ2v) is 6.23. The molecule has 0 bridgehead atoms. The van der Waals surface area contributed by atoms with Crippen molar-refractivity contribution in [1.29, 1.82) is 0 Å². The van der Waals surface area contributed by atoms with E-state index >= 15 is 0 Å². The monoisotopic (exact) mass is 234 g/mol. The van der Waals surface area contributed by atoms with Crippen LogP contribution in [0.5, 0.6) is 0 Å². The zero-order chi connectivity index (χ0) is 10.3. The summed E-state index contributed by atoms with van der Waals surface area (Å²) < 4.78 is 24.1. The summed E-state index contributed by atoms with van der Waals surface area (Å²) in [5, 5.41) is 4.70. The summed E-state index contributed by atoms with van der Waals surface area (Å²) in [6.07, 6.45) is 0.614. The van der Waals surface area contributed by atoms with Crippen LogP contribution >= 0.6 is 11.6 Å². The van der Waals surface area contributed by atoms with Crippen LogP contribution in [0.1, 0.15) is 18.2 Å². The molecule has 2 rings (SSSR count). The number of nitrogens with zero attached hydrogens (tertiary/aromatic N) is 2. The molecule has 1 saturated heterocycles. The van der Waals surface area contributed by atoms with Crippen LogP contribution in [0.3, 0.4) is 0 Å². The van der Waals surface area contributed by atoms with E-state index in [4.69, 9.17) is 11.6 Å². The lowest BCUT2D eigenvalue weighted by Gasteiger charge is -2.08. The van der Waals surface area contributed by atoms with Gasteiger partial charge in [0, 0.05) is 0 Å². The van der Waals surface area contributed by atoms with E-state index in [1.54, 1.807) is 10.7 Å². The third-order valence-corrected chi connectivity index (χ3v) is 4.40. The number of rotatable bonds is 1. The molecule has 0 spiro atoms. The van der Waals surface area contributed by atoms with E-state index in [0.29, 0.717) is 11.6 Å². The molecular formula is C8H11ClN2O2S. The zero-order valence-corrected chi connectivity index (χ0v) is 9.35. The molecule has 1 aromatic rings. The molecule has 6 heteroatoms. The van der Waals surface area contributed by atoms with Gasteiger partial charge in [-0.05, 0) is 19.4 Å². The topological polar surface area (TPSA) is 52.0 Å². The van der Waals surface area contributed by atoms with Gasteiger partial charge in [0.25, 0.3) is 0 Å². The fraction of sp³-hybridized carbons (Fsp3) is 0.625. The quantitative estimate of drug-likeness (QED) is 0.734. The Kier molecular flexibility index (Phi) is 2.31. The SMILES string of the molecule is Cc1cc(Cl)n(C2CCS(=O)(=O)C2)n1. The Morgan fingerprint density at radius 3 is 2.79 bits per heavy atom. The van der Waals surface area contributed by atoms with E-state index < -0.39 is 9.84 Å². The van der Waals surface area contributed by atoms with Gasteiger partial charge in [-0.15, -0.1) is 0 Å². The van der Waals surface area contributed by atoms with Gasteiger partial charge in [-0.1, -0.05) is 11.6 Å². The van der Waals surface area contributed by atoms with Crippen LogP contribution in [0.15, 0.2) is 6.07 Å². The number of hydrogen-bond donors (Lipinski definition) is 0. The molecule has 0 aromatic carbocycles. The average molecular weight is 235 g/mol.